The summed E-state index contributed by atoms with van der Waals surface area (Å²) < 4.78 is 0. The van der Waals surface area contributed by atoms with Crippen LogP contribution < -0.4 is 15.7 Å². The first-order valence-electron chi connectivity index (χ1n) is 9.80. The highest BCUT2D eigenvalue weighted by atomic mass is 16.4. The molecule has 0 aliphatic heterocycles. The molecule has 2 aromatic carbocycles. The highest BCUT2D eigenvalue weighted by molar-refractivity contribution is 6.24. The van der Waals surface area contributed by atoms with Crippen molar-refractivity contribution in [1.82, 2.24) is 10.6 Å². The van der Waals surface area contributed by atoms with Gasteiger partial charge in [-0.2, -0.15) is 0 Å². The molecule has 3 rings (SSSR count). The molecule has 1 aliphatic carbocycles. The van der Waals surface area contributed by atoms with Crippen LogP contribution in [0.5, 0.6) is 0 Å². The molecular formula is C23H23N2O5-. The summed E-state index contributed by atoms with van der Waals surface area (Å²) in [5.74, 6) is -2.58. The molecule has 0 radical (unpaired) electrons. The lowest BCUT2D eigenvalue weighted by atomic mass is 9.97. The normalized spacial score (nSPS) is 13.9. The number of carboxylic acids is 1. The van der Waals surface area contributed by atoms with Gasteiger partial charge in [0.05, 0.1) is 12.0 Å². The molecule has 7 heteroatoms. The van der Waals surface area contributed by atoms with E-state index in [4.69, 9.17) is 0 Å². The zero-order chi connectivity index (χ0) is 22.0. The third-order valence-corrected chi connectivity index (χ3v) is 5.04. The number of carbonyl (C=O) groups excluding carboxylic acids is 4. The second kappa shape index (κ2) is 8.49. The summed E-state index contributed by atoms with van der Waals surface area (Å²) in [6.45, 7) is 5.08. The summed E-state index contributed by atoms with van der Waals surface area (Å²) in [5.41, 5.74) is 2.49. The summed E-state index contributed by atoms with van der Waals surface area (Å²) >= 11 is 0. The maximum absolute atomic E-state index is 13.1. The minimum absolute atomic E-state index is 0.0723. The van der Waals surface area contributed by atoms with E-state index in [1.54, 1.807) is 42.5 Å². The van der Waals surface area contributed by atoms with E-state index in [1.165, 1.54) is 6.92 Å². The molecule has 0 heterocycles. The van der Waals surface area contributed by atoms with Crippen molar-refractivity contribution in [2.24, 2.45) is 5.92 Å². The lowest BCUT2D eigenvalue weighted by Gasteiger charge is -2.23. The second-order valence-corrected chi connectivity index (χ2v) is 7.81. The summed E-state index contributed by atoms with van der Waals surface area (Å²) in [6, 6.07) is 9.87. The Hall–Kier alpha value is -3.48. The van der Waals surface area contributed by atoms with Crippen molar-refractivity contribution >= 4 is 23.6 Å². The number of hydrogen-bond donors (Lipinski definition) is 2. The van der Waals surface area contributed by atoms with Crippen molar-refractivity contribution in [1.29, 1.82) is 0 Å². The van der Waals surface area contributed by atoms with Gasteiger partial charge in [0, 0.05) is 22.3 Å². The second-order valence-electron chi connectivity index (χ2n) is 7.81. The first kappa shape index (κ1) is 21.2. The molecule has 1 aliphatic rings. The molecule has 0 aromatic heterocycles. The molecule has 0 spiro atoms. The van der Waals surface area contributed by atoms with Crippen LogP contribution in [0.1, 0.15) is 53.5 Å². The Balaban J connectivity index is 1.91. The van der Waals surface area contributed by atoms with E-state index in [1.807, 2.05) is 13.8 Å². The van der Waals surface area contributed by atoms with Crippen LogP contribution in [0.25, 0.3) is 11.1 Å². The van der Waals surface area contributed by atoms with Gasteiger partial charge in [-0.15, -0.1) is 0 Å². The molecule has 0 bridgehead atoms. The van der Waals surface area contributed by atoms with Crippen LogP contribution >= 0.6 is 0 Å². The number of carbonyl (C=O) groups is 4. The number of nitrogens with one attached hydrogen (secondary N) is 2. The Morgan fingerprint density at radius 3 is 2.17 bits per heavy atom. The number of rotatable bonds is 7. The molecule has 2 N–H and O–H groups in total. The van der Waals surface area contributed by atoms with E-state index in [9.17, 15) is 24.3 Å². The van der Waals surface area contributed by atoms with Gasteiger partial charge in [0.25, 0.3) is 5.91 Å². The molecule has 7 nitrogen and oxygen atoms in total. The van der Waals surface area contributed by atoms with Crippen LogP contribution in [-0.4, -0.2) is 35.7 Å². The molecular weight excluding hydrogens is 384 g/mol. The van der Waals surface area contributed by atoms with Gasteiger partial charge in [0.2, 0.25) is 5.91 Å². The standard InChI is InChI=1S/C23H24N2O5/c1-12(2)11-18(22(28)24-13(3)23(29)30)25-21(27)17-10-6-9-16-19(17)14-7-4-5-8-15(14)20(16)26/h4-10,12-13,18H,11H2,1-3H3,(H,24,28)(H,25,27)(H,29,30)/p-1/t13-,18-/m0/s1. The molecule has 2 aromatic rings. The van der Waals surface area contributed by atoms with Gasteiger partial charge in [-0.05, 0) is 30.9 Å². The topological polar surface area (TPSA) is 115 Å². The molecule has 0 unspecified atom stereocenters. The fraction of sp³-hybridized carbons (Fsp3) is 0.304. The summed E-state index contributed by atoms with van der Waals surface area (Å²) in [4.78, 5) is 49.3. The van der Waals surface area contributed by atoms with Crippen LogP contribution in [0.15, 0.2) is 42.5 Å². The van der Waals surface area contributed by atoms with E-state index < -0.39 is 29.9 Å². The van der Waals surface area contributed by atoms with E-state index in [0.717, 1.165) is 0 Å². The molecule has 0 saturated carbocycles. The number of aliphatic carboxylic acids is 1. The van der Waals surface area contributed by atoms with E-state index in [2.05, 4.69) is 10.6 Å². The molecule has 156 valence electrons. The van der Waals surface area contributed by atoms with Crippen LogP contribution in [0.4, 0.5) is 0 Å². The van der Waals surface area contributed by atoms with Gasteiger partial charge < -0.3 is 20.5 Å². The Kier molecular flexibility index (Phi) is 6.01. The van der Waals surface area contributed by atoms with Gasteiger partial charge in [-0.3, -0.25) is 14.4 Å². The smallest absolute Gasteiger partial charge is 0.252 e. The Morgan fingerprint density at radius 2 is 1.53 bits per heavy atom. The quantitative estimate of drug-likeness (QED) is 0.612. The Morgan fingerprint density at radius 1 is 0.900 bits per heavy atom. The number of fused-ring (bicyclic) bond motifs is 3. The van der Waals surface area contributed by atoms with Gasteiger partial charge in [-0.25, -0.2) is 0 Å². The van der Waals surface area contributed by atoms with Crippen molar-refractivity contribution < 1.29 is 24.3 Å². The van der Waals surface area contributed by atoms with Gasteiger partial charge >= 0.3 is 0 Å². The maximum atomic E-state index is 13.1. The first-order chi connectivity index (χ1) is 14.2. The fourth-order valence-electron chi connectivity index (χ4n) is 3.58. The number of amides is 2. The van der Waals surface area contributed by atoms with Crippen molar-refractivity contribution in [3.63, 3.8) is 0 Å². The zero-order valence-corrected chi connectivity index (χ0v) is 17.0. The average molecular weight is 407 g/mol. The lowest BCUT2D eigenvalue weighted by molar-refractivity contribution is -0.307. The number of carboxylic acid groups (broad SMARTS) is 1. The highest BCUT2D eigenvalue weighted by Crippen LogP contribution is 2.38. The van der Waals surface area contributed by atoms with E-state index in [0.29, 0.717) is 34.2 Å². The third-order valence-electron chi connectivity index (χ3n) is 5.04. The average Bonchev–Trinajstić information content (AvgIpc) is 2.99. The van der Waals surface area contributed by atoms with Crippen molar-refractivity contribution in [2.75, 3.05) is 0 Å². The molecule has 0 saturated heterocycles. The van der Waals surface area contributed by atoms with Crippen molar-refractivity contribution in [3.05, 3.63) is 59.2 Å². The summed E-state index contributed by atoms with van der Waals surface area (Å²) in [5, 5.41) is 16.0. The van der Waals surface area contributed by atoms with Gasteiger partial charge in [-0.1, -0.05) is 50.2 Å². The van der Waals surface area contributed by atoms with Crippen molar-refractivity contribution in [3.8, 4) is 11.1 Å². The number of benzene rings is 2. The molecule has 2 atom stereocenters. The SMILES string of the molecule is CC(C)C[C@H](NC(=O)c1cccc2c1-c1ccccc1C2=O)C(=O)N[C@@H](C)C(=O)[O-]. The summed E-state index contributed by atoms with van der Waals surface area (Å²) in [6.07, 6.45) is 0.321. The maximum Gasteiger partial charge on any atom is 0.252 e. The van der Waals surface area contributed by atoms with Gasteiger partial charge in [0.15, 0.2) is 5.78 Å². The molecule has 2 amide bonds. The zero-order valence-electron chi connectivity index (χ0n) is 17.0. The molecule has 0 fully saturated rings. The minimum atomic E-state index is -1.41. The van der Waals surface area contributed by atoms with Crippen LogP contribution in [0.2, 0.25) is 0 Å². The highest BCUT2D eigenvalue weighted by Gasteiger charge is 2.31. The van der Waals surface area contributed by atoms with Crippen molar-refractivity contribution in [2.45, 2.75) is 39.3 Å². The predicted octanol–water partition coefficient (Wildman–Crippen LogP) is 1.30. The number of ketones is 1. The van der Waals surface area contributed by atoms with Crippen LogP contribution in [0, 0.1) is 5.92 Å². The largest absolute Gasteiger partial charge is 0.548 e. The first-order valence-corrected chi connectivity index (χ1v) is 9.80. The third kappa shape index (κ3) is 4.10. The molecule has 30 heavy (non-hydrogen) atoms. The monoisotopic (exact) mass is 407 g/mol. The fourth-order valence-corrected chi connectivity index (χ4v) is 3.58. The van der Waals surface area contributed by atoms with E-state index in [-0.39, 0.29) is 11.7 Å². The Labute approximate surface area is 174 Å². The lowest BCUT2D eigenvalue weighted by Crippen LogP contribution is -2.53. The van der Waals surface area contributed by atoms with Crippen LogP contribution in [0.3, 0.4) is 0 Å². The Bertz CT molecular complexity index is 1030. The van der Waals surface area contributed by atoms with Crippen LogP contribution in [-0.2, 0) is 9.59 Å². The predicted molar refractivity (Wildman–Crippen MR) is 109 cm³/mol. The van der Waals surface area contributed by atoms with Gasteiger partial charge in [0.1, 0.15) is 6.04 Å². The summed E-state index contributed by atoms with van der Waals surface area (Å²) in [7, 11) is 0. The number of hydrogen-bond acceptors (Lipinski definition) is 5. The van der Waals surface area contributed by atoms with E-state index >= 15 is 0 Å². The minimum Gasteiger partial charge on any atom is -0.548 e.